The number of para-hydroxylation sites is 1. The molecule has 0 aromatic heterocycles. The average Bonchev–Trinajstić information content (AvgIpc) is 2.44. The van der Waals surface area contributed by atoms with Gasteiger partial charge >= 0.3 is 0 Å². The fourth-order valence-corrected chi connectivity index (χ4v) is 3.01. The van der Waals surface area contributed by atoms with Gasteiger partial charge in [0.25, 0.3) is 0 Å². The Morgan fingerprint density at radius 3 is 2.70 bits per heavy atom. The molecule has 3 N–H and O–H groups in total. The van der Waals surface area contributed by atoms with E-state index in [0.717, 1.165) is 31.5 Å². The van der Waals surface area contributed by atoms with Crippen molar-refractivity contribution >= 4 is 17.2 Å². The number of nitrogens with zero attached hydrogens (tertiary/aromatic N) is 1. The molecule has 1 aromatic rings. The van der Waals surface area contributed by atoms with Crippen molar-refractivity contribution in [2.24, 2.45) is 5.73 Å². The molecule has 1 aliphatic rings. The lowest BCUT2D eigenvalue weighted by molar-refractivity contribution is 0.200. The van der Waals surface area contributed by atoms with Crippen LogP contribution >= 0.6 is 12.2 Å². The number of likely N-dealkylation sites (tertiary alicyclic amines) is 1. The number of piperidine rings is 1. The first-order valence-corrected chi connectivity index (χ1v) is 7.54. The lowest BCUT2D eigenvalue weighted by Crippen LogP contribution is -2.40. The van der Waals surface area contributed by atoms with Crippen LogP contribution in [0, 0.1) is 0 Å². The molecule has 1 unspecified atom stereocenters. The number of phenols is 1. The Morgan fingerprint density at radius 2 is 2.10 bits per heavy atom. The van der Waals surface area contributed by atoms with E-state index in [0.29, 0.717) is 17.3 Å². The van der Waals surface area contributed by atoms with Gasteiger partial charge in [0.15, 0.2) is 11.5 Å². The molecule has 0 radical (unpaired) electrons. The van der Waals surface area contributed by atoms with Gasteiger partial charge in [-0.25, -0.2) is 0 Å². The van der Waals surface area contributed by atoms with Crippen molar-refractivity contribution in [3.8, 4) is 11.5 Å². The molecule has 0 aliphatic carbocycles. The molecule has 0 saturated carbocycles. The topological polar surface area (TPSA) is 58.7 Å². The first-order chi connectivity index (χ1) is 9.65. The molecule has 110 valence electrons. The summed E-state index contributed by atoms with van der Waals surface area (Å²) in [6, 6.07) is 5.28. The number of thiocarbonyl (C=S) groups is 1. The summed E-state index contributed by atoms with van der Waals surface area (Å²) in [6.45, 7) is 4.32. The fourth-order valence-electron chi connectivity index (χ4n) is 2.74. The van der Waals surface area contributed by atoms with Crippen molar-refractivity contribution in [1.82, 2.24) is 4.90 Å². The van der Waals surface area contributed by atoms with Gasteiger partial charge in [-0.15, -0.1) is 0 Å². The van der Waals surface area contributed by atoms with Crippen molar-refractivity contribution in [3.63, 3.8) is 0 Å². The molecular formula is C15H22N2O2S. The number of hydrogen-bond acceptors (Lipinski definition) is 4. The highest BCUT2D eigenvalue weighted by Crippen LogP contribution is 2.37. The van der Waals surface area contributed by atoms with Crippen LogP contribution < -0.4 is 10.5 Å². The van der Waals surface area contributed by atoms with Gasteiger partial charge in [0.2, 0.25) is 0 Å². The van der Waals surface area contributed by atoms with Crippen molar-refractivity contribution in [1.29, 1.82) is 0 Å². The summed E-state index contributed by atoms with van der Waals surface area (Å²) in [7, 11) is 0. The molecule has 0 bridgehead atoms. The summed E-state index contributed by atoms with van der Waals surface area (Å²) in [5.41, 5.74) is 6.67. The smallest absolute Gasteiger partial charge is 0.162 e. The highest BCUT2D eigenvalue weighted by atomic mass is 32.1. The second-order valence-corrected chi connectivity index (χ2v) is 5.50. The van der Waals surface area contributed by atoms with Crippen molar-refractivity contribution in [2.45, 2.75) is 32.2 Å². The summed E-state index contributed by atoms with van der Waals surface area (Å²) in [5.74, 6) is 0.640. The second-order valence-electron chi connectivity index (χ2n) is 5.03. The van der Waals surface area contributed by atoms with Gasteiger partial charge in [-0.1, -0.05) is 30.8 Å². The van der Waals surface area contributed by atoms with E-state index in [1.54, 1.807) is 6.07 Å². The van der Waals surface area contributed by atoms with Gasteiger partial charge in [0.05, 0.1) is 17.6 Å². The molecule has 1 aliphatic heterocycles. The Morgan fingerprint density at radius 1 is 1.40 bits per heavy atom. The molecule has 1 heterocycles. The zero-order valence-corrected chi connectivity index (χ0v) is 12.7. The molecule has 1 atom stereocenters. The molecule has 1 fully saturated rings. The largest absolute Gasteiger partial charge is 0.504 e. The SMILES string of the molecule is CCOc1cccc(C(C(N)=S)N2CCCCC2)c1O. The zero-order chi connectivity index (χ0) is 14.5. The van der Waals surface area contributed by atoms with E-state index in [9.17, 15) is 5.11 Å². The van der Waals surface area contributed by atoms with E-state index in [1.807, 2.05) is 19.1 Å². The Hall–Kier alpha value is -1.33. The number of aromatic hydroxyl groups is 1. The van der Waals surface area contributed by atoms with Crippen LogP contribution in [0.5, 0.6) is 11.5 Å². The number of nitrogens with two attached hydrogens (primary N) is 1. The minimum absolute atomic E-state index is 0.151. The van der Waals surface area contributed by atoms with Gasteiger partial charge in [0.1, 0.15) is 0 Å². The molecule has 5 heteroatoms. The molecule has 4 nitrogen and oxygen atoms in total. The monoisotopic (exact) mass is 294 g/mol. The average molecular weight is 294 g/mol. The predicted molar refractivity (Wildman–Crippen MR) is 84.2 cm³/mol. The summed E-state index contributed by atoms with van der Waals surface area (Å²) in [4.78, 5) is 2.65. The minimum Gasteiger partial charge on any atom is -0.504 e. The first kappa shape index (κ1) is 15.1. The van der Waals surface area contributed by atoms with Crippen LogP contribution in [0.1, 0.15) is 37.8 Å². The second kappa shape index (κ2) is 6.90. The maximum Gasteiger partial charge on any atom is 0.162 e. The minimum atomic E-state index is -0.217. The maximum atomic E-state index is 10.4. The fraction of sp³-hybridized carbons (Fsp3) is 0.533. The number of ether oxygens (including phenoxy) is 1. The van der Waals surface area contributed by atoms with Crippen LogP contribution in [0.15, 0.2) is 18.2 Å². The quantitative estimate of drug-likeness (QED) is 0.818. The third-order valence-electron chi connectivity index (χ3n) is 3.65. The van der Waals surface area contributed by atoms with Crippen molar-refractivity contribution in [3.05, 3.63) is 23.8 Å². The van der Waals surface area contributed by atoms with Crippen LogP contribution in [-0.4, -0.2) is 34.7 Å². The highest BCUT2D eigenvalue weighted by Gasteiger charge is 2.27. The van der Waals surface area contributed by atoms with Gasteiger partial charge < -0.3 is 15.6 Å². The van der Waals surface area contributed by atoms with Gasteiger partial charge in [-0.2, -0.15) is 0 Å². The van der Waals surface area contributed by atoms with Crippen LogP contribution in [0.4, 0.5) is 0 Å². The van der Waals surface area contributed by atoms with Crippen LogP contribution in [0.3, 0.4) is 0 Å². The number of hydrogen-bond donors (Lipinski definition) is 2. The van der Waals surface area contributed by atoms with Crippen LogP contribution in [0.25, 0.3) is 0 Å². The Kier molecular flexibility index (Phi) is 5.20. The Labute approximate surface area is 125 Å². The molecule has 0 amide bonds. The number of rotatable bonds is 5. The van der Waals surface area contributed by atoms with Crippen LogP contribution in [-0.2, 0) is 0 Å². The zero-order valence-electron chi connectivity index (χ0n) is 11.8. The highest BCUT2D eigenvalue weighted by molar-refractivity contribution is 7.80. The standard InChI is InChI=1S/C15H22N2O2S/c1-2-19-12-8-6-7-11(14(12)18)13(15(16)20)17-9-4-3-5-10-17/h6-8,13,18H,2-5,9-10H2,1H3,(H2,16,20). The van der Waals surface area contributed by atoms with Gasteiger partial charge in [-0.3, -0.25) is 4.90 Å². The summed E-state index contributed by atoms with van der Waals surface area (Å²) >= 11 is 5.23. The van der Waals surface area contributed by atoms with E-state index in [2.05, 4.69) is 4.90 Å². The molecule has 2 rings (SSSR count). The first-order valence-electron chi connectivity index (χ1n) is 7.13. The van der Waals surface area contributed by atoms with E-state index >= 15 is 0 Å². The lowest BCUT2D eigenvalue weighted by Gasteiger charge is -2.34. The predicted octanol–water partition coefficient (Wildman–Crippen LogP) is 2.60. The van der Waals surface area contributed by atoms with Crippen molar-refractivity contribution < 1.29 is 9.84 Å². The van der Waals surface area contributed by atoms with E-state index in [4.69, 9.17) is 22.7 Å². The summed E-state index contributed by atoms with van der Waals surface area (Å²) < 4.78 is 5.44. The third-order valence-corrected chi connectivity index (χ3v) is 3.87. The lowest BCUT2D eigenvalue weighted by atomic mass is 10.0. The number of phenolic OH excluding ortho intramolecular Hbond substituents is 1. The Balaban J connectivity index is 2.33. The van der Waals surface area contributed by atoms with E-state index in [-0.39, 0.29) is 11.8 Å². The van der Waals surface area contributed by atoms with E-state index in [1.165, 1.54) is 6.42 Å². The molecular weight excluding hydrogens is 272 g/mol. The Bertz CT molecular complexity index is 473. The maximum absolute atomic E-state index is 10.4. The molecule has 20 heavy (non-hydrogen) atoms. The normalized spacial score (nSPS) is 17.6. The van der Waals surface area contributed by atoms with Crippen molar-refractivity contribution in [2.75, 3.05) is 19.7 Å². The molecule has 0 spiro atoms. The number of benzene rings is 1. The summed E-state index contributed by atoms with van der Waals surface area (Å²) in [6.07, 6.45) is 3.53. The van der Waals surface area contributed by atoms with Gasteiger partial charge in [-0.05, 0) is 38.9 Å². The van der Waals surface area contributed by atoms with Crippen LogP contribution in [0.2, 0.25) is 0 Å². The van der Waals surface area contributed by atoms with E-state index < -0.39 is 0 Å². The summed E-state index contributed by atoms with van der Waals surface area (Å²) in [5, 5.41) is 10.4. The molecule has 1 aromatic carbocycles. The molecule has 1 saturated heterocycles. The third kappa shape index (κ3) is 3.22. The van der Waals surface area contributed by atoms with Gasteiger partial charge in [0, 0.05) is 5.56 Å².